The molecule has 1 aliphatic heterocycles. The molecule has 1 saturated heterocycles. The van der Waals surface area contributed by atoms with E-state index in [2.05, 4.69) is 4.72 Å². The first-order valence-electron chi connectivity index (χ1n) is 9.27. The topological polar surface area (TPSA) is 90.3 Å². The van der Waals surface area contributed by atoms with Crippen LogP contribution in [0.25, 0.3) is 0 Å². The molecular weight excluding hydrogens is 350 g/mol. The van der Waals surface area contributed by atoms with Gasteiger partial charge in [-0.25, -0.2) is 13.1 Å². The van der Waals surface area contributed by atoms with Crippen molar-refractivity contribution in [2.24, 2.45) is 11.8 Å². The van der Waals surface area contributed by atoms with E-state index in [1.54, 1.807) is 12.1 Å². The summed E-state index contributed by atoms with van der Waals surface area (Å²) in [5.74, 6) is 1.36. The van der Waals surface area contributed by atoms with Gasteiger partial charge in [-0.1, -0.05) is 19.3 Å². The summed E-state index contributed by atoms with van der Waals surface area (Å²) in [6.07, 6.45) is 6.26. The van der Waals surface area contributed by atoms with Crippen molar-refractivity contribution in [3.05, 3.63) is 29.8 Å². The zero-order valence-corrected chi connectivity index (χ0v) is 15.7. The van der Waals surface area contributed by atoms with Gasteiger partial charge in [-0.15, -0.1) is 0 Å². The van der Waals surface area contributed by atoms with Crippen LogP contribution in [0.4, 0.5) is 0 Å². The average Bonchev–Trinajstić information content (AvgIpc) is 2.67. The number of amides is 1. The lowest BCUT2D eigenvalue weighted by Crippen LogP contribution is -2.44. The summed E-state index contributed by atoms with van der Waals surface area (Å²) in [7, 11) is -3.64. The van der Waals surface area contributed by atoms with Crippen molar-refractivity contribution >= 4 is 15.9 Å². The molecule has 1 N–H and O–H groups in total. The SMILES string of the molecule is N#CCCNS(=O)(=O)c1ccc(C(=O)N2CC[C@@H]3CCCC[C@H]3C2)cc1. The van der Waals surface area contributed by atoms with Crippen LogP contribution in [0.5, 0.6) is 0 Å². The largest absolute Gasteiger partial charge is 0.338 e. The molecule has 1 amide bonds. The second-order valence-corrected chi connectivity index (χ2v) is 8.94. The van der Waals surface area contributed by atoms with Crippen LogP contribution in [0, 0.1) is 23.2 Å². The molecule has 1 aromatic carbocycles. The summed E-state index contributed by atoms with van der Waals surface area (Å²) in [6, 6.07) is 7.96. The van der Waals surface area contributed by atoms with Gasteiger partial charge in [-0.3, -0.25) is 4.79 Å². The fourth-order valence-electron chi connectivity index (χ4n) is 4.07. The fourth-order valence-corrected chi connectivity index (χ4v) is 5.10. The Hall–Kier alpha value is -1.91. The summed E-state index contributed by atoms with van der Waals surface area (Å²) in [5.41, 5.74) is 0.523. The highest BCUT2D eigenvalue weighted by Gasteiger charge is 2.33. The molecule has 0 bridgehead atoms. The van der Waals surface area contributed by atoms with Gasteiger partial charge in [0.05, 0.1) is 11.0 Å². The number of likely N-dealkylation sites (tertiary alicyclic amines) is 1. The third-order valence-electron chi connectivity index (χ3n) is 5.52. The quantitative estimate of drug-likeness (QED) is 0.801. The molecule has 2 fully saturated rings. The second kappa shape index (κ2) is 8.19. The predicted octanol–water partition coefficient (Wildman–Crippen LogP) is 2.53. The lowest BCUT2D eigenvalue weighted by molar-refractivity contribution is 0.0521. The van der Waals surface area contributed by atoms with Gasteiger partial charge in [-0.05, 0) is 48.9 Å². The predicted molar refractivity (Wildman–Crippen MR) is 97.8 cm³/mol. The number of benzene rings is 1. The Labute approximate surface area is 155 Å². The number of nitrogens with one attached hydrogen (secondary N) is 1. The summed E-state index contributed by atoms with van der Waals surface area (Å²) in [6.45, 7) is 1.69. The Kier molecular flexibility index (Phi) is 5.94. The Morgan fingerprint density at radius 1 is 1.15 bits per heavy atom. The van der Waals surface area contributed by atoms with Crippen LogP contribution in [-0.4, -0.2) is 38.9 Å². The highest BCUT2D eigenvalue weighted by atomic mass is 32.2. The number of hydrogen-bond acceptors (Lipinski definition) is 4. The zero-order chi connectivity index (χ0) is 18.6. The third-order valence-corrected chi connectivity index (χ3v) is 7.00. The van der Waals surface area contributed by atoms with Gasteiger partial charge in [-0.2, -0.15) is 5.26 Å². The molecule has 1 heterocycles. The Morgan fingerprint density at radius 3 is 2.54 bits per heavy atom. The highest BCUT2D eigenvalue weighted by Crippen LogP contribution is 2.36. The van der Waals surface area contributed by atoms with Crippen LogP contribution in [0.1, 0.15) is 48.9 Å². The van der Waals surface area contributed by atoms with Crippen LogP contribution in [0.15, 0.2) is 29.2 Å². The molecule has 0 radical (unpaired) electrons. The molecule has 26 heavy (non-hydrogen) atoms. The van der Waals surface area contributed by atoms with Gasteiger partial charge in [0.25, 0.3) is 5.91 Å². The summed E-state index contributed by atoms with van der Waals surface area (Å²) >= 11 is 0. The maximum Gasteiger partial charge on any atom is 0.253 e. The van der Waals surface area contributed by atoms with Crippen molar-refractivity contribution in [3.8, 4) is 6.07 Å². The van der Waals surface area contributed by atoms with Gasteiger partial charge in [0, 0.05) is 31.6 Å². The van der Waals surface area contributed by atoms with E-state index in [1.165, 1.54) is 37.8 Å². The molecule has 2 atom stereocenters. The molecule has 140 valence electrons. The van der Waals surface area contributed by atoms with E-state index in [0.717, 1.165) is 25.4 Å². The molecule has 1 aliphatic carbocycles. The van der Waals surface area contributed by atoms with E-state index in [0.29, 0.717) is 11.5 Å². The van der Waals surface area contributed by atoms with E-state index in [9.17, 15) is 13.2 Å². The normalized spacial score (nSPS) is 23.1. The van der Waals surface area contributed by atoms with Gasteiger partial charge in [0.15, 0.2) is 0 Å². The standard InChI is InChI=1S/C19H25N3O3S/c20-11-3-12-21-26(24,25)18-8-6-16(7-9-18)19(23)22-13-10-15-4-1-2-5-17(15)14-22/h6-9,15,17,21H,1-5,10,12-14H2/t15-,17-/m0/s1. The molecule has 1 aromatic rings. The average molecular weight is 375 g/mol. The van der Waals surface area contributed by atoms with Gasteiger partial charge in [0.2, 0.25) is 10.0 Å². The zero-order valence-electron chi connectivity index (χ0n) is 14.9. The second-order valence-electron chi connectivity index (χ2n) is 7.17. The van der Waals surface area contributed by atoms with Crippen LogP contribution < -0.4 is 4.72 Å². The van der Waals surface area contributed by atoms with Gasteiger partial charge < -0.3 is 4.90 Å². The fraction of sp³-hybridized carbons (Fsp3) is 0.579. The summed E-state index contributed by atoms with van der Waals surface area (Å²) in [4.78, 5) is 14.8. The summed E-state index contributed by atoms with van der Waals surface area (Å²) < 4.78 is 26.6. The van der Waals surface area contributed by atoms with Crippen molar-refractivity contribution in [1.29, 1.82) is 5.26 Å². The van der Waals surface area contributed by atoms with E-state index < -0.39 is 10.0 Å². The smallest absolute Gasteiger partial charge is 0.253 e. The number of hydrogen-bond donors (Lipinski definition) is 1. The minimum Gasteiger partial charge on any atom is -0.338 e. The van der Waals surface area contributed by atoms with Crippen molar-refractivity contribution in [2.75, 3.05) is 19.6 Å². The lowest BCUT2D eigenvalue weighted by Gasteiger charge is -2.41. The minimum absolute atomic E-state index is 0.0181. The van der Waals surface area contributed by atoms with Crippen LogP contribution >= 0.6 is 0 Å². The molecule has 0 unspecified atom stereocenters. The molecule has 1 saturated carbocycles. The van der Waals surface area contributed by atoms with E-state index in [4.69, 9.17) is 5.26 Å². The van der Waals surface area contributed by atoms with Crippen molar-refractivity contribution in [2.45, 2.75) is 43.4 Å². The Balaban J connectivity index is 1.64. The molecule has 2 aliphatic rings. The number of nitrogens with zero attached hydrogens (tertiary/aromatic N) is 2. The van der Waals surface area contributed by atoms with Crippen molar-refractivity contribution in [3.63, 3.8) is 0 Å². The monoisotopic (exact) mass is 375 g/mol. The molecule has 0 aromatic heterocycles. The van der Waals surface area contributed by atoms with Crippen molar-refractivity contribution in [1.82, 2.24) is 9.62 Å². The number of carbonyl (C=O) groups excluding carboxylic acids is 1. The first kappa shape index (κ1) is 18.9. The number of fused-ring (bicyclic) bond motifs is 1. The third kappa shape index (κ3) is 4.25. The van der Waals surface area contributed by atoms with Crippen LogP contribution in [0.3, 0.4) is 0 Å². The number of carbonyl (C=O) groups is 1. The van der Waals surface area contributed by atoms with Gasteiger partial charge in [0.1, 0.15) is 0 Å². The number of nitriles is 1. The lowest BCUT2D eigenvalue weighted by atomic mass is 9.75. The molecule has 7 heteroatoms. The van der Waals surface area contributed by atoms with E-state index in [-0.39, 0.29) is 23.8 Å². The number of piperidine rings is 1. The maximum atomic E-state index is 12.8. The van der Waals surface area contributed by atoms with Crippen LogP contribution in [-0.2, 0) is 10.0 Å². The molecular formula is C19H25N3O3S. The van der Waals surface area contributed by atoms with Crippen LogP contribution in [0.2, 0.25) is 0 Å². The maximum absolute atomic E-state index is 12.8. The first-order valence-corrected chi connectivity index (χ1v) is 10.8. The molecule has 0 spiro atoms. The highest BCUT2D eigenvalue weighted by molar-refractivity contribution is 7.89. The van der Waals surface area contributed by atoms with Gasteiger partial charge >= 0.3 is 0 Å². The Morgan fingerprint density at radius 2 is 1.85 bits per heavy atom. The number of rotatable bonds is 5. The number of sulfonamides is 1. The molecule has 3 rings (SSSR count). The minimum atomic E-state index is -3.64. The van der Waals surface area contributed by atoms with E-state index >= 15 is 0 Å². The summed E-state index contributed by atoms with van der Waals surface area (Å²) in [5, 5.41) is 8.50. The van der Waals surface area contributed by atoms with Crippen molar-refractivity contribution < 1.29 is 13.2 Å². The van der Waals surface area contributed by atoms with E-state index in [1.807, 2.05) is 11.0 Å². The molecule has 6 nitrogen and oxygen atoms in total. The Bertz CT molecular complexity index is 783. The first-order chi connectivity index (χ1) is 12.5.